The minimum absolute atomic E-state index is 0.370. The van der Waals surface area contributed by atoms with E-state index in [9.17, 15) is 4.79 Å². The van der Waals surface area contributed by atoms with Crippen molar-refractivity contribution in [2.24, 2.45) is 5.10 Å². The van der Waals surface area contributed by atoms with Crippen molar-refractivity contribution in [1.29, 1.82) is 0 Å². The molecule has 3 rings (SSSR count). The Kier molecular flexibility index (Phi) is 8.26. The number of nitrogens with one attached hydrogen (secondary N) is 2. The lowest BCUT2D eigenvalue weighted by molar-refractivity contribution is 0.216. The maximum Gasteiger partial charge on any atom is 0.339 e. The summed E-state index contributed by atoms with van der Waals surface area (Å²) in [6.07, 6.45) is 4.14. The van der Waals surface area contributed by atoms with Crippen LogP contribution in [0.25, 0.3) is 0 Å². The van der Waals surface area contributed by atoms with E-state index < -0.39 is 6.03 Å². The Morgan fingerprint density at radius 3 is 2.29 bits per heavy atom. The number of amides is 2. The number of hydrogen-bond acceptors (Lipinski definition) is 4. The fourth-order valence-electron chi connectivity index (χ4n) is 2.83. The van der Waals surface area contributed by atoms with E-state index in [4.69, 9.17) is 9.47 Å². The monoisotopic (exact) mass is 415 g/mol. The number of urea groups is 1. The number of carbonyl (C=O) groups is 1. The molecule has 0 atom stereocenters. The van der Waals surface area contributed by atoms with Crippen molar-refractivity contribution >= 4 is 17.9 Å². The zero-order valence-electron chi connectivity index (χ0n) is 17.2. The Labute approximate surface area is 182 Å². The summed E-state index contributed by atoms with van der Waals surface area (Å²) < 4.78 is 11.7. The summed E-state index contributed by atoms with van der Waals surface area (Å²) in [6.45, 7) is 4.55. The second kappa shape index (κ2) is 11.8. The second-order valence-electron chi connectivity index (χ2n) is 6.53. The van der Waals surface area contributed by atoms with Crippen LogP contribution in [-0.4, -0.2) is 25.5 Å². The molecule has 0 radical (unpaired) electrons. The van der Waals surface area contributed by atoms with Crippen molar-refractivity contribution in [3.05, 3.63) is 103 Å². The molecule has 0 unspecified atom stereocenters. The number of hydrogen-bond donors (Lipinski definition) is 2. The molecule has 3 aromatic carbocycles. The Morgan fingerprint density at radius 2 is 1.52 bits per heavy atom. The van der Waals surface area contributed by atoms with E-state index in [1.165, 1.54) is 0 Å². The lowest BCUT2D eigenvalue weighted by atomic mass is 10.1. The number of rotatable bonds is 10. The van der Waals surface area contributed by atoms with Gasteiger partial charge in [0.1, 0.15) is 24.7 Å². The maximum absolute atomic E-state index is 11.9. The van der Waals surface area contributed by atoms with Gasteiger partial charge in [-0.2, -0.15) is 5.10 Å². The summed E-state index contributed by atoms with van der Waals surface area (Å²) in [4.78, 5) is 11.9. The zero-order chi connectivity index (χ0) is 21.7. The van der Waals surface area contributed by atoms with E-state index in [0.717, 1.165) is 23.3 Å². The molecule has 0 saturated heterocycles. The average molecular weight is 415 g/mol. The van der Waals surface area contributed by atoms with Crippen molar-refractivity contribution in [2.45, 2.75) is 6.42 Å². The summed E-state index contributed by atoms with van der Waals surface area (Å²) in [5.74, 6) is 1.48. The molecule has 0 aliphatic rings. The van der Waals surface area contributed by atoms with Crippen LogP contribution in [0.2, 0.25) is 0 Å². The van der Waals surface area contributed by atoms with Gasteiger partial charge < -0.3 is 14.8 Å². The van der Waals surface area contributed by atoms with Gasteiger partial charge in [-0.05, 0) is 42.3 Å². The highest BCUT2D eigenvalue weighted by Gasteiger charge is 2.04. The fraction of sp³-hybridized carbons (Fsp3) is 0.120. The highest BCUT2D eigenvalue weighted by molar-refractivity contribution is 5.90. The van der Waals surface area contributed by atoms with Crippen LogP contribution >= 0.6 is 0 Å². The number of para-hydroxylation sites is 3. The topological polar surface area (TPSA) is 72.0 Å². The molecular weight excluding hydrogens is 390 g/mol. The van der Waals surface area contributed by atoms with Crippen LogP contribution in [0.5, 0.6) is 11.5 Å². The lowest BCUT2D eigenvalue weighted by Crippen LogP contribution is -2.24. The maximum atomic E-state index is 11.9. The minimum Gasteiger partial charge on any atom is -0.490 e. The fourth-order valence-corrected chi connectivity index (χ4v) is 2.83. The highest BCUT2D eigenvalue weighted by Crippen LogP contribution is 2.19. The number of carbonyl (C=O) groups excluding carboxylic acids is 1. The molecule has 0 heterocycles. The Balaban J connectivity index is 1.49. The number of allylic oxidation sites excluding steroid dienone is 1. The van der Waals surface area contributed by atoms with Crippen molar-refractivity contribution in [3.63, 3.8) is 0 Å². The largest absolute Gasteiger partial charge is 0.490 e. The Morgan fingerprint density at radius 1 is 0.871 bits per heavy atom. The number of ether oxygens (including phenoxy) is 2. The van der Waals surface area contributed by atoms with Crippen LogP contribution in [0.1, 0.15) is 11.1 Å². The molecule has 3 aromatic rings. The highest BCUT2D eigenvalue weighted by atomic mass is 16.5. The average Bonchev–Trinajstić information content (AvgIpc) is 2.79. The minimum atomic E-state index is -0.424. The molecule has 2 amide bonds. The number of hydrazone groups is 1. The molecular formula is C25H25N3O3. The molecule has 0 fully saturated rings. The Hall–Kier alpha value is -4.06. The van der Waals surface area contributed by atoms with E-state index in [1.54, 1.807) is 18.3 Å². The van der Waals surface area contributed by atoms with E-state index in [2.05, 4.69) is 22.4 Å². The zero-order valence-corrected chi connectivity index (χ0v) is 17.2. The van der Waals surface area contributed by atoms with Gasteiger partial charge in [0.15, 0.2) is 0 Å². The van der Waals surface area contributed by atoms with Gasteiger partial charge >= 0.3 is 6.03 Å². The lowest BCUT2D eigenvalue weighted by Gasteiger charge is -2.12. The van der Waals surface area contributed by atoms with Crippen molar-refractivity contribution in [2.75, 3.05) is 18.5 Å². The van der Waals surface area contributed by atoms with Gasteiger partial charge in [0, 0.05) is 11.3 Å². The summed E-state index contributed by atoms with van der Waals surface area (Å²) >= 11 is 0. The smallest absolute Gasteiger partial charge is 0.339 e. The van der Waals surface area contributed by atoms with Crippen molar-refractivity contribution in [1.82, 2.24) is 5.43 Å². The van der Waals surface area contributed by atoms with Gasteiger partial charge in [0.2, 0.25) is 0 Å². The van der Waals surface area contributed by atoms with Gasteiger partial charge in [0.05, 0.1) is 6.21 Å². The normalized spacial score (nSPS) is 10.5. The van der Waals surface area contributed by atoms with Gasteiger partial charge in [-0.3, -0.25) is 0 Å². The van der Waals surface area contributed by atoms with E-state index in [1.807, 2.05) is 72.8 Å². The van der Waals surface area contributed by atoms with Crippen LogP contribution in [0.15, 0.2) is 96.6 Å². The number of nitrogens with zero attached hydrogens (tertiary/aromatic N) is 1. The van der Waals surface area contributed by atoms with Crippen LogP contribution < -0.4 is 20.2 Å². The summed E-state index contributed by atoms with van der Waals surface area (Å²) in [5, 5.41) is 6.69. The van der Waals surface area contributed by atoms with Crippen LogP contribution in [0.3, 0.4) is 0 Å². The van der Waals surface area contributed by atoms with E-state index in [-0.39, 0.29) is 0 Å². The van der Waals surface area contributed by atoms with Crippen LogP contribution in [-0.2, 0) is 6.42 Å². The first-order valence-electron chi connectivity index (χ1n) is 9.95. The molecule has 158 valence electrons. The molecule has 31 heavy (non-hydrogen) atoms. The van der Waals surface area contributed by atoms with Gasteiger partial charge in [-0.25, -0.2) is 10.2 Å². The first-order valence-corrected chi connectivity index (χ1v) is 9.95. The van der Waals surface area contributed by atoms with Gasteiger partial charge in [0.25, 0.3) is 0 Å². The quantitative estimate of drug-likeness (QED) is 0.211. The summed E-state index contributed by atoms with van der Waals surface area (Å²) in [6, 6.07) is 24.1. The van der Waals surface area contributed by atoms with Crippen LogP contribution in [0.4, 0.5) is 10.5 Å². The molecule has 0 spiro atoms. The van der Waals surface area contributed by atoms with Crippen molar-refractivity contribution in [3.8, 4) is 11.5 Å². The molecule has 2 N–H and O–H groups in total. The Bertz CT molecular complexity index is 1020. The molecule has 0 aromatic heterocycles. The molecule has 0 aliphatic carbocycles. The van der Waals surface area contributed by atoms with Gasteiger partial charge in [-0.1, -0.05) is 54.6 Å². The number of anilines is 1. The van der Waals surface area contributed by atoms with E-state index >= 15 is 0 Å². The van der Waals surface area contributed by atoms with Crippen LogP contribution in [0, 0.1) is 0 Å². The second-order valence-corrected chi connectivity index (χ2v) is 6.53. The summed E-state index contributed by atoms with van der Waals surface area (Å²) in [5.41, 5.74) is 4.97. The molecule has 0 aliphatic heterocycles. The molecule has 0 bridgehead atoms. The van der Waals surface area contributed by atoms with E-state index in [0.29, 0.717) is 24.7 Å². The predicted molar refractivity (Wildman–Crippen MR) is 124 cm³/mol. The first-order chi connectivity index (χ1) is 15.3. The SMILES string of the molecule is C=CCc1ccccc1OCCOc1ccccc1/C=N/NC(=O)Nc1ccccc1. The van der Waals surface area contributed by atoms with Gasteiger partial charge in [-0.15, -0.1) is 6.58 Å². The molecule has 6 heteroatoms. The predicted octanol–water partition coefficient (Wildman–Crippen LogP) is 5.03. The third kappa shape index (κ3) is 7.04. The third-order valence-corrected chi connectivity index (χ3v) is 4.26. The molecule has 6 nitrogen and oxygen atoms in total. The summed E-state index contributed by atoms with van der Waals surface area (Å²) in [7, 11) is 0. The third-order valence-electron chi connectivity index (χ3n) is 4.26. The first kappa shape index (κ1) is 21.6. The standard InChI is InChI=1S/C25H25N3O3/c1-2-10-20-11-6-8-15-23(20)30-17-18-31-24-16-9-7-12-21(24)19-26-28-25(29)27-22-13-4-3-5-14-22/h2-9,11-16,19H,1,10,17-18H2,(H2,27,28,29)/b26-19+. The molecule has 0 saturated carbocycles. The number of benzene rings is 3. The van der Waals surface area contributed by atoms with Crippen molar-refractivity contribution < 1.29 is 14.3 Å².